The maximum Gasteiger partial charge on any atom is 0.251 e. The van der Waals surface area contributed by atoms with Crippen LogP contribution in [0, 0.1) is 5.92 Å². The lowest BCUT2D eigenvalue weighted by Crippen LogP contribution is -2.40. The number of methoxy groups -OCH3 is 1. The van der Waals surface area contributed by atoms with Crippen molar-refractivity contribution in [2.45, 2.75) is 58.0 Å². The van der Waals surface area contributed by atoms with Crippen molar-refractivity contribution in [3.63, 3.8) is 0 Å². The van der Waals surface area contributed by atoms with Crippen LogP contribution in [-0.2, 0) is 4.79 Å². The van der Waals surface area contributed by atoms with Gasteiger partial charge in [-0.3, -0.25) is 9.59 Å². The number of nitrogens with one attached hydrogen (secondary N) is 1. The molecule has 0 atom stereocenters. The average molecular weight is 389 g/mol. The molecule has 3 rings (SSSR count). The van der Waals surface area contributed by atoms with Gasteiger partial charge in [0, 0.05) is 45.0 Å². The second kappa shape index (κ2) is 9.80. The fourth-order valence-corrected chi connectivity index (χ4v) is 4.11. The average Bonchev–Trinajstić information content (AvgIpc) is 2.73. The van der Waals surface area contributed by atoms with Gasteiger partial charge in [0.05, 0.1) is 7.11 Å². The van der Waals surface area contributed by atoms with E-state index in [2.05, 4.69) is 5.32 Å². The lowest BCUT2D eigenvalue weighted by atomic mass is 9.89. The van der Waals surface area contributed by atoms with Gasteiger partial charge in [-0.15, -0.1) is 0 Å². The van der Waals surface area contributed by atoms with Gasteiger partial charge in [-0.25, -0.2) is 0 Å². The molecule has 154 valence electrons. The van der Waals surface area contributed by atoms with Gasteiger partial charge in [0.2, 0.25) is 5.91 Å². The van der Waals surface area contributed by atoms with Crippen LogP contribution in [0.4, 0.5) is 0 Å². The lowest BCUT2D eigenvalue weighted by Gasteiger charge is -2.31. The predicted octanol–water partition coefficient (Wildman–Crippen LogP) is 3.40. The highest BCUT2D eigenvalue weighted by Gasteiger charge is 2.23. The summed E-state index contributed by atoms with van der Waals surface area (Å²) in [5.74, 6) is 1.85. The van der Waals surface area contributed by atoms with E-state index in [4.69, 9.17) is 9.47 Å². The van der Waals surface area contributed by atoms with E-state index in [1.54, 1.807) is 32.2 Å². The largest absolute Gasteiger partial charge is 0.493 e. The Hall–Kier alpha value is -2.24. The first-order valence-corrected chi connectivity index (χ1v) is 10.4. The molecule has 6 heteroatoms. The minimum atomic E-state index is -0.0653. The van der Waals surface area contributed by atoms with Gasteiger partial charge < -0.3 is 19.7 Å². The fraction of sp³-hybridized carbons (Fsp3) is 0.636. The molecule has 1 saturated carbocycles. The van der Waals surface area contributed by atoms with E-state index < -0.39 is 0 Å². The number of nitrogens with zero attached hydrogens (tertiary/aromatic N) is 1. The molecule has 2 aliphatic rings. The summed E-state index contributed by atoms with van der Waals surface area (Å²) in [5, 5.41) is 3.08. The molecule has 6 nitrogen and oxygen atoms in total. The first-order valence-electron chi connectivity index (χ1n) is 10.4. The Kier molecular flexibility index (Phi) is 7.18. The zero-order valence-electron chi connectivity index (χ0n) is 17.0. The normalized spacial score (nSPS) is 18.6. The molecule has 0 unspecified atom stereocenters. The molecule has 2 fully saturated rings. The van der Waals surface area contributed by atoms with E-state index >= 15 is 0 Å². The smallest absolute Gasteiger partial charge is 0.251 e. The van der Waals surface area contributed by atoms with Crippen molar-refractivity contribution in [1.82, 2.24) is 10.2 Å². The van der Waals surface area contributed by atoms with Crippen LogP contribution in [0.25, 0.3) is 0 Å². The number of hydrogen-bond donors (Lipinski definition) is 1. The summed E-state index contributed by atoms with van der Waals surface area (Å²) in [6.45, 7) is 3.73. The van der Waals surface area contributed by atoms with Crippen LogP contribution in [0.15, 0.2) is 18.2 Å². The summed E-state index contributed by atoms with van der Waals surface area (Å²) in [4.78, 5) is 25.9. The van der Waals surface area contributed by atoms with Crippen molar-refractivity contribution in [2.75, 3.05) is 26.7 Å². The fourth-order valence-electron chi connectivity index (χ4n) is 4.11. The maximum absolute atomic E-state index is 12.6. The monoisotopic (exact) mass is 388 g/mol. The van der Waals surface area contributed by atoms with Gasteiger partial charge in [-0.1, -0.05) is 19.3 Å². The number of carbonyl (C=O) groups excluding carboxylic acids is 2. The minimum Gasteiger partial charge on any atom is -0.493 e. The molecule has 1 aliphatic heterocycles. The first-order chi connectivity index (χ1) is 13.6. The Bertz CT molecular complexity index is 677. The van der Waals surface area contributed by atoms with Gasteiger partial charge in [-0.05, 0) is 37.0 Å². The Morgan fingerprint density at radius 3 is 2.43 bits per heavy atom. The highest BCUT2D eigenvalue weighted by Crippen LogP contribution is 2.31. The summed E-state index contributed by atoms with van der Waals surface area (Å²) < 4.78 is 11.6. The number of piperidine rings is 1. The molecule has 2 amide bonds. The number of likely N-dealkylation sites (tertiary alicyclic amines) is 1. The second-order valence-corrected chi connectivity index (χ2v) is 7.90. The van der Waals surface area contributed by atoms with Gasteiger partial charge >= 0.3 is 0 Å². The van der Waals surface area contributed by atoms with E-state index in [-0.39, 0.29) is 17.9 Å². The lowest BCUT2D eigenvalue weighted by molar-refractivity contribution is -0.130. The molecule has 1 aromatic carbocycles. The summed E-state index contributed by atoms with van der Waals surface area (Å²) in [7, 11) is 1.60. The van der Waals surface area contributed by atoms with Gasteiger partial charge in [-0.2, -0.15) is 0 Å². The van der Waals surface area contributed by atoms with Gasteiger partial charge in [0.15, 0.2) is 11.5 Å². The Labute approximate surface area is 167 Å². The molecule has 1 heterocycles. The Morgan fingerprint density at radius 1 is 1.07 bits per heavy atom. The third-order valence-electron chi connectivity index (χ3n) is 5.88. The number of amides is 2. The van der Waals surface area contributed by atoms with Crippen LogP contribution in [0.2, 0.25) is 0 Å². The van der Waals surface area contributed by atoms with Crippen LogP contribution in [0.3, 0.4) is 0 Å². The van der Waals surface area contributed by atoms with Crippen molar-refractivity contribution in [1.29, 1.82) is 0 Å². The maximum atomic E-state index is 12.6. The third-order valence-corrected chi connectivity index (χ3v) is 5.88. The highest BCUT2D eigenvalue weighted by molar-refractivity contribution is 5.94. The third kappa shape index (κ3) is 5.40. The first kappa shape index (κ1) is 20.5. The molecular formula is C22H32N2O4. The molecule has 28 heavy (non-hydrogen) atoms. The van der Waals surface area contributed by atoms with E-state index in [0.717, 1.165) is 19.4 Å². The van der Waals surface area contributed by atoms with E-state index in [1.165, 1.54) is 32.1 Å². The van der Waals surface area contributed by atoms with Crippen molar-refractivity contribution >= 4 is 11.8 Å². The van der Waals surface area contributed by atoms with Crippen molar-refractivity contribution < 1.29 is 19.1 Å². The second-order valence-electron chi connectivity index (χ2n) is 7.90. The van der Waals surface area contributed by atoms with Gasteiger partial charge in [0.1, 0.15) is 6.10 Å². The van der Waals surface area contributed by atoms with E-state index in [9.17, 15) is 9.59 Å². The zero-order chi connectivity index (χ0) is 19.9. The number of ether oxygens (including phenoxy) is 2. The molecule has 0 spiro atoms. The van der Waals surface area contributed by atoms with Crippen LogP contribution in [-0.4, -0.2) is 49.6 Å². The minimum absolute atomic E-state index is 0.0186. The molecule has 1 N–H and O–H groups in total. The molecule has 0 bridgehead atoms. The number of benzene rings is 1. The Balaban J connectivity index is 1.59. The number of carbonyl (C=O) groups is 2. The quantitative estimate of drug-likeness (QED) is 0.811. The van der Waals surface area contributed by atoms with E-state index in [0.29, 0.717) is 36.1 Å². The zero-order valence-corrected chi connectivity index (χ0v) is 17.0. The molecule has 1 saturated heterocycles. The van der Waals surface area contributed by atoms with Crippen LogP contribution in [0.1, 0.15) is 62.2 Å². The summed E-state index contributed by atoms with van der Waals surface area (Å²) >= 11 is 0. The number of hydrogen-bond acceptors (Lipinski definition) is 4. The molecule has 1 aliphatic carbocycles. The summed E-state index contributed by atoms with van der Waals surface area (Å²) in [6.07, 6.45) is 7.83. The van der Waals surface area contributed by atoms with Gasteiger partial charge in [0.25, 0.3) is 5.91 Å². The SMILES string of the molecule is COc1ccc(C(=O)NCC2CCCCC2)cc1OC1CCN(C(C)=O)CC1. The molecule has 0 aromatic heterocycles. The van der Waals surface area contributed by atoms with Crippen molar-refractivity contribution in [3.05, 3.63) is 23.8 Å². The van der Waals surface area contributed by atoms with Crippen LogP contribution < -0.4 is 14.8 Å². The molecular weight excluding hydrogens is 356 g/mol. The van der Waals surface area contributed by atoms with Crippen LogP contribution >= 0.6 is 0 Å². The van der Waals surface area contributed by atoms with Crippen molar-refractivity contribution in [2.24, 2.45) is 5.92 Å². The predicted molar refractivity (Wildman–Crippen MR) is 108 cm³/mol. The molecule has 0 radical (unpaired) electrons. The molecule has 1 aromatic rings. The van der Waals surface area contributed by atoms with E-state index in [1.807, 2.05) is 4.90 Å². The summed E-state index contributed by atoms with van der Waals surface area (Å²) in [6, 6.07) is 5.34. The number of rotatable bonds is 6. The summed E-state index contributed by atoms with van der Waals surface area (Å²) in [5.41, 5.74) is 0.591. The Morgan fingerprint density at radius 2 is 1.79 bits per heavy atom. The standard InChI is InChI=1S/C22H32N2O4/c1-16(25)24-12-10-19(11-13-24)28-21-14-18(8-9-20(21)27-2)22(26)23-15-17-6-4-3-5-7-17/h8-9,14,17,19H,3-7,10-13,15H2,1-2H3,(H,23,26). The highest BCUT2D eigenvalue weighted by atomic mass is 16.5. The van der Waals surface area contributed by atoms with Crippen molar-refractivity contribution in [3.8, 4) is 11.5 Å². The topological polar surface area (TPSA) is 67.9 Å². The van der Waals surface area contributed by atoms with Crippen LogP contribution in [0.5, 0.6) is 11.5 Å².